The molecule has 0 saturated heterocycles. The highest BCUT2D eigenvalue weighted by Gasteiger charge is 2.19. The largest absolute Gasteiger partial charge is 0.481 e. The van der Waals surface area contributed by atoms with Crippen LogP contribution >= 0.6 is 15.9 Å². The number of hydrogen-bond donors (Lipinski definition) is 3. The van der Waals surface area contributed by atoms with E-state index in [0.717, 1.165) is 4.47 Å². The summed E-state index contributed by atoms with van der Waals surface area (Å²) in [5.41, 5.74) is 0.523. The summed E-state index contributed by atoms with van der Waals surface area (Å²) in [5.74, 6) is -1.66. The first kappa shape index (κ1) is 9.91. The van der Waals surface area contributed by atoms with Crippen LogP contribution in [0, 0.1) is 0 Å². The Hall–Kier alpha value is -0.950. The van der Waals surface area contributed by atoms with E-state index in [1.165, 1.54) is 0 Å². The van der Waals surface area contributed by atoms with Crippen LogP contribution in [0.4, 0.5) is 0 Å². The quantitative estimate of drug-likeness (QED) is 0.701. The van der Waals surface area contributed by atoms with Crippen molar-refractivity contribution < 1.29 is 30.3 Å². The van der Waals surface area contributed by atoms with Gasteiger partial charge in [0.05, 0.1) is 31.1 Å². The van der Waals surface area contributed by atoms with Crippen LogP contribution in [0.5, 0.6) is 0 Å². The Morgan fingerprint density at radius 2 is 2.00 bits per heavy atom. The number of carboxylic acid groups (broad SMARTS) is 1. The van der Waals surface area contributed by atoms with E-state index in [1.54, 1.807) is 24.3 Å². The van der Waals surface area contributed by atoms with Crippen molar-refractivity contribution in [2.45, 2.75) is 25.2 Å². The van der Waals surface area contributed by atoms with E-state index in [2.05, 4.69) is 15.9 Å². The molecule has 1 aromatic rings. The first-order valence-electron chi connectivity index (χ1n) is 6.94. The average Bonchev–Trinajstić information content (AvgIpc) is 2.36. The molecule has 6 heteroatoms. The summed E-state index contributed by atoms with van der Waals surface area (Å²) < 4.78 is 35.5. The minimum Gasteiger partial charge on any atom is -0.481 e. The molecule has 3 N–H and O–H groups in total. The van der Waals surface area contributed by atoms with Crippen LogP contribution in [0.3, 0.4) is 0 Å². The first-order chi connectivity index (χ1) is 9.89. The van der Waals surface area contributed by atoms with Crippen molar-refractivity contribution >= 4 is 21.9 Å². The Morgan fingerprint density at radius 3 is 2.56 bits per heavy atom. The zero-order valence-corrected chi connectivity index (χ0v) is 10.8. The number of rotatable bonds is 7. The Labute approximate surface area is 119 Å². The van der Waals surface area contributed by atoms with Gasteiger partial charge in [-0.1, -0.05) is 28.1 Å². The molecule has 0 aliphatic heterocycles. The first-order valence-corrected chi connectivity index (χ1v) is 5.73. The van der Waals surface area contributed by atoms with Gasteiger partial charge in [-0.2, -0.15) is 0 Å². The van der Waals surface area contributed by atoms with Crippen LogP contribution in [0.1, 0.15) is 17.5 Å². The van der Waals surface area contributed by atoms with Crippen LogP contribution < -0.4 is 0 Å². The number of ether oxygens (including phenoxy) is 1. The Bertz CT molecular complexity index is 533. The second kappa shape index (κ2) is 7.48. The van der Waals surface area contributed by atoms with Gasteiger partial charge in [0.15, 0.2) is 0 Å². The molecule has 0 aromatic heterocycles. The number of benzene rings is 1. The van der Waals surface area contributed by atoms with Crippen LogP contribution in [0.2, 0.25) is 0 Å². The summed E-state index contributed by atoms with van der Waals surface area (Å²) in [6.45, 7) is -3.52. The van der Waals surface area contributed by atoms with E-state index in [0.29, 0.717) is 5.56 Å². The summed E-state index contributed by atoms with van der Waals surface area (Å²) in [6, 6.07) is 6.55. The van der Waals surface area contributed by atoms with E-state index in [-0.39, 0.29) is 6.61 Å². The maximum atomic E-state index is 10.6. The van der Waals surface area contributed by atoms with Gasteiger partial charge in [-0.25, -0.2) is 0 Å². The summed E-state index contributed by atoms with van der Waals surface area (Å²) in [5, 5.41) is 28.0. The zero-order chi connectivity index (χ0) is 17.2. The van der Waals surface area contributed by atoms with Gasteiger partial charge in [-0.15, -0.1) is 0 Å². The van der Waals surface area contributed by atoms with Gasteiger partial charge in [-0.3, -0.25) is 4.79 Å². The molecule has 0 fully saturated rings. The van der Waals surface area contributed by atoms with Gasteiger partial charge in [0.2, 0.25) is 0 Å². The molecule has 0 amide bonds. The molecular formula is C12H15BrO5. The molecule has 0 heterocycles. The number of halogens is 1. The smallest absolute Gasteiger partial charge is 0.306 e. The lowest BCUT2D eigenvalue weighted by Crippen LogP contribution is -2.32. The zero-order valence-electron chi connectivity index (χ0n) is 13.3. The van der Waals surface area contributed by atoms with Crippen LogP contribution in [-0.2, 0) is 16.1 Å². The van der Waals surface area contributed by atoms with Gasteiger partial charge in [-0.05, 0) is 17.7 Å². The summed E-state index contributed by atoms with van der Waals surface area (Å²) in [7, 11) is 0. The summed E-state index contributed by atoms with van der Waals surface area (Å²) in [6.07, 6.45) is -8.13. The number of aliphatic hydroxyl groups is 2. The highest BCUT2D eigenvalue weighted by atomic mass is 79.9. The molecule has 100 valence electrons. The summed E-state index contributed by atoms with van der Waals surface area (Å²) in [4.78, 5) is 10.6. The fourth-order valence-corrected chi connectivity index (χ4v) is 1.32. The number of carbonyl (C=O) groups is 1. The van der Waals surface area contributed by atoms with Crippen molar-refractivity contribution in [1.82, 2.24) is 0 Å². The third-order valence-corrected chi connectivity index (χ3v) is 2.44. The molecule has 0 bridgehead atoms. The van der Waals surface area contributed by atoms with Crippen molar-refractivity contribution in [1.29, 1.82) is 0 Å². The summed E-state index contributed by atoms with van der Waals surface area (Å²) >= 11 is 3.22. The van der Waals surface area contributed by atoms with E-state index in [4.69, 9.17) is 15.3 Å². The lowest BCUT2D eigenvalue weighted by Gasteiger charge is -2.16. The van der Waals surface area contributed by atoms with Crippen molar-refractivity contribution in [3.8, 4) is 0 Å². The van der Waals surface area contributed by atoms with Gasteiger partial charge >= 0.3 is 5.97 Å². The SMILES string of the molecule is [2H]C([2H])(OCc1ccc(Br)cc1)C([2H])(O)[C@@]([2H])(O)CC(=O)O. The second-order valence-corrected chi connectivity index (χ2v) is 4.30. The molecule has 1 aromatic carbocycles. The predicted octanol–water partition coefficient (Wildman–Crippen LogP) is 1.16. The van der Waals surface area contributed by atoms with Crippen LogP contribution in [0.15, 0.2) is 28.7 Å². The maximum absolute atomic E-state index is 10.6. The number of carboxylic acids is 1. The normalized spacial score (nSPS) is 21.7. The third-order valence-electron chi connectivity index (χ3n) is 1.91. The van der Waals surface area contributed by atoms with Crippen molar-refractivity contribution in [3.05, 3.63) is 34.3 Å². The standard InChI is InChI=1S/C12H15BrO5/c13-9-3-1-8(2-4-9)6-18-7-11(15)10(14)5-12(16)17/h1-4,10-11,14-15H,5-7H2,(H,16,17)/t10-,11?/m0/s1/i7D2,10D,11D. The molecule has 0 saturated carbocycles. The Balaban J connectivity index is 2.86. The van der Waals surface area contributed by atoms with Crippen molar-refractivity contribution in [2.75, 3.05) is 6.56 Å². The molecule has 0 aliphatic carbocycles. The van der Waals surface area contributed by atoms with Crippen molar-refractivity contribution in [2.24, 2.45) is 0 Å². The lowest BCUT2D eigenvalue weighted by molar-refractivity contribution is -0.142. The Kier molecular flexibility index (Phi) is 4.12. The third kappa shape index (κ3) is 5.59. The van der Waals surface area contributed by atoms with Gasteiger partial charge < -0.3 is 20.1 Å². The van der Waals surface area contributed by atoms with E-state index >= 15 is 0 Å². The average molecular weight is 323 g/mol. The van der Waals surface area contributed by atoms with E-state index in [1.807, 2.05) is 0 Å². The molecule has 0 spiro atoms. The Morgan fingerprint density at radius 1 is 1.39 bits per heavy atom. The number of aliphatic carboxylic acids is 1. The monoisotopic (exact) mass is 322 g/mol. The van der Waals surface area contributed by atoms with Gasteiger partial charge in [0.1, 0.15) is 6.08 Å². The topological polar surface area (TPSA) is 87.0 Å². The molecule has 1 rings (SSSR count). The minimum absolute atomic E-state index is 0.343. The minimum atomic E-state index is -3.51. The molecular weight excluding hydrogens is 304 g/mol. The van der Waals surface area contributed by atoms with E-state index < -0.39 is 31.1 Å². The lowest BCUT2D eigenvalue weighted by atomic mass is 10.1. The molecule has 18 heavy (non-hydrogen) atoms. The molecule has 0 aliphatic rings. The fraction of sp³-hybridized carbons (Fsp3) is 0.417. The van der Waals surface area contributed by atoms with Gasteiger partial charge in [0.25, 0.3) is 0 Å². The van der Waals surface area contributed by atoms with Crippen LogP contribution in [0.25, 0.3) is 0 Å². The van der Waals surface area contributed by atoms with Crippen molar-refractivity contribution in [3.63, 3.8) is 0 Å². The molecule has 1 unspecified atom stereocenters. The van der Waals surface area contributed by atoms with Gasteiger partial charge in [0, 0.05) is 4.47 Å². The second-order valence-electron chi connectivity index (χ2n) is 3.38. The maximum Gasteiger partial charge on any atom is 0.306 e. The van der Waals surface area contributed by atoms with Crippen LogP contribution in [-0.4, -0.2) is 40.0 Å². The molecule has 2 atom stereocenters. The fourth-order valence-electron chi connectivity index (χ4n) is 1.05. The highest BCUT2D eigenvalue weighted by molar-refractivity contribution is 9.10. The van der Waals surface area contributed by atoms with E-state index in [9.17, 15) is 15.0 Å². The molecule has 0 radical (unpaired) electrons. The predicted molar refractivity (Wildman–Crippen MR) is 68.1 cm³/mol. The number of hydrogen-bond acceptors (Lipinski definition) is 4. The molecule has 5 nitrogen and oxygen atoms in total. The highest BCUT2D eigenvalue weighted by Crippen LogP contribution is 2.11.